The Hall–Kier alpha value is -5.69. The number of nitrogens with two attached hydrogens (primary N) is 1. The van der Waals surface area contributed by atoms with Crippen molar-refractivity contribution in [1.82, 2.24) is 50.9 Å². The van der Waals surface area contributed by atoms with E-state index in [1.165, 1.54) is 30.6 Å². The van der Waals surface area contributed by atoms with Gasteiger partial charge in [0.15, 0.2) is 23.6 Å². The first-order chi connectivity index (χ1) is 46.0. The summed E-state index contributed by atoms with van der Waals surface area (Å²) in [6, 6.07) is 1.27. The molecule has 3 aromatic rings. The highest BCUT2D eigenvalue weighted by atomic mass is 32.2. The molecular weight excluding hydrogens is 1380 g/mol. The van der Waals surface area contributed by atoms with Crippen molar-refractivity contribution in [2.45, 2.75) is 184 Å². The van der Waals surface area contributed by atoms with Gasteiger partial charge in [-0.25, -0.2) is 33.4 Å². The molecule has 5 heterocycles. The second kappa shape index (κ2) is 30.9. The van der Waals surface area contributed by atoms with Crippen LogP contribution in [0, 0.1) is 39.9 Å². The van der Waals surface area contributed by atoms with Gasteiger partial charge in [0, 0.05) is 80.1 Å². The van der Waals surface area contributed by atoms with Crippen molar-refractivity contribution in [3.8, 4) is 11.8 Å². The molecule has 546 valence electrons. The fourth-order valence-electron chi connectivity index (χ4n) is 15.2. The number of aliphatic hydroxyl groups is 4. The van der Waals surface area contributed by atoms with Gasteiger partial charge in [0.05, 0.1) is 36.1 Å². The first-order valence-corrected chi connectivity index (χ1v) is 37.7. The number of fused-ring (bicyclic) bond motifs is 6. The fourth-order valence-corrected chi connectivity index (χ4v) is 18.8. The Morgan fingerprint density at radius 2 is 1.57 bits per heavy atom. The average Bonchev–Trinajstić information content (AvgIpc) is 1.40. The lowest BCUT2D eigenvalue weighted by molar-refractivity contribution is -0.243. The molecule has 16 atom stereocenters. The Kier molecular flexibility index (Phi) is 24.1. The van der Waals surface area contributed by atoms with Crippen molar-refractivity contribution in [1.29, 1.82) is 0 Å². The van der Waals surface area contributed by atoms with E-state index in [0.717, 1.165) is 66.7 Å². The molecule has 40 heteroatoms. The second-order valence-electron chi connectivity index (χ2n) is 27.1. The van der Waals surface area contributed by atoms with E-state index in [2.05, 4.69) is 57.5 Å². The van der Waals surface area contributed by atoms with Crippen molar-refractivity contribution in [3.63, 3.8) is 0 Å². The number of imidazole rings is 1. The molecule has 2 aliphatic heterocycles. The summed E-state index contributed by atoms with van der Waals surface area (Å²) in [7, 11) is -16.6. The number of aromatic hydroxyl groups is 2. The molecule has 17 N–H and O–H groups in total. The first kappa shape index (κ1) is 76.5. The lowest BCUT2D eigenvalue weighted by Gasteiger charge is -2.65. The molecule has 9 rings (SSSR count). The van der Waals surface area contributed by atoms with E-state index in [4.69, 9.17) is 24.3 Å². The van der Waals surface area contributed by atoms with Gasteiger partial charge in [-0.05, 0) is 98.9 Å². The molecule has 3 unspecified atom stereocenters. The van der Waals surface area contributed by atoms with Crippen LogP contribution in [0.4, 0.5) is 5.82 Å². The number of phosphoric acid groups is 3. The number of carbonyl (C=O) groups is 6. The molecule has 0 aromatic carbocycles. The minimum atomic E-state index is -5.64. The van der Waals surface area contributed by atoms with E-state index in [-0.39, 0.29) is 133 Å². The minimum absolute atomic E-state index is 0.00326. The van der Waals surface area contributed by atoms with E-state index in [0.29, 0.717) is 43.4 Å². The number of hydrogen-bond acceptors (Lipinski definition) is 26. The third-order valence-corrected chi connectivity index (χ3v) is 24.5. The number of rotatable bonds is 31. The fraction of sp³-hybridized carbons (Fsp3) is 0.707. The minimum Gasteiger partial charge on any atom is -0.494 e. The SMILES string of the molecule is CC(C)(COP(=O)(O)OP(=O)(O)OC[C@H]1O[C@@H](n2cnc3c(N)ncnc32)[C@@H](O)C1OP(=O)(O)O)[C@@H](O)C(=O)NCCC(=O)NCCSc1cc(O)n(CCCCCC(=O)NNC(=O)CCC(=O)N[C@H]2CC[C@@]3(C)[C@H](CC[C@@H]4[C@H]3C[C@@H](O)[C@]3(C)[C@@H](C5=CC(=O)OC5)CC[C@]43O)C2)c1O. The number of anilines is 1. The van der Waals surface area contributed by atoms with Gasteiger partial charge in [0.25, 0.3) is 0 Å². The Balaban J connectivity index is 0.599. The highest BCUT2D eigenvalue weighted by Crippen LogP contribution is 2.70. The monoisotopic (exact) mass is 1460 g/mol. The number of aromatic nitrogens is 5. The van der Waals surface area contributed by atoms with Crippen molar-refractivity contribution in [3.05, 3.63) is 30.4 Å². The van der Waals surface area contributed by atoms with Crippen LogP contribution in [0.15, 0.2) is 35.3 Å². The summed E-state index contributed by atoms with van der Waals surface area (Å²) in [5, 5.41) is 75.6. The molecule has 5 amide bonds. The third-order valence-electron chi connectivity index (χ3n) is 20.4. The maximum Gasteiger partial charge on any atom is 0.481 e. The third kappa shape index (κ3) is 17.4. The van der Waals surface area contributed by atoms with Crippen LogP contribution in [0.5, 0.6) is 11.8 Å². The Morgan fingerprint density at radius 3 is 2.29 bits per heavy atom. The maximum absolute atomic E-state index is 13.1. The lowest BCUT2D eigenvalue weighted by atomic mass is 9.42. The van der Waals surface area contributed by atoms with E-state index < -0.39 is 113 Å². The number of amides is 5. The van der Waals surface area contributed by atoms with Gasteiger partial charge in [-0.15, -0.1) is 11.8 Å². The number of phosphoric ester groups is 3. The van der Waals surface area contributed by atoms with Crippen LogP contribution in [0.3, 0.4) is 0 Å². The van der Waals surface area contributed by atoms with Crippen LogP contribution in [-0.2, 0) is 76.4 Å². The average molecular weight is 1460 g/mol. The molecule has 36 nitrogen and oxygen atoms in total. The lowest BCUT2D eigenvalue weighted by Crippen LogP contribution is -2.67. The van der Waals surface area contributed by atoms with E-state index >= 15 is 0 Å². The predicted molar refractivity (Wildman–Crippen MR) is 341 cm³/mol. The topological polar surface area (TPSA) is 546 Å². The number of aliphatic hydroxyl groups excluding tert-OH is 3. The summed E-state index contributed by atoms with van der Waals surface area (Å²) in [5.74, 6) is -3.19. The highest BCUT2D eigenvalue weighted by molar-refractivity contribution is 7.99. The van der Waals surface area contributed by atoms with E-state index in [1.54, 1.807) is 0 Å². The molecule has 3 aromatic heterocycles. The molecule has 0 radical (unpaired) electrons. The van der Waals surface area contributed by atoms with Gasteiger partial charge in [0.1, 0.15) is 42.9 Å². The predicted octanol–water partition coefficient (Wildman–Crippen LogP) is 1.61. The zero-order valence-corrected chi connectivity index (χ0v) is 57.9. The quantitative estimate of drug-likeness (QED) is 0.0143. The van der Waals surface area contributed by atoms with Crippen LogP contribution in [0.2, 0.25) is 0 Å². The number of carbonyl (C=O) groups excluding carboxylic acids is 6. The first-order valence-electron chi connectivity index (χ1n) is 32.2. The number of nitrogens with one attached hydrogen (secondary N) is 5. The Labute approximate surface area is 566 Å². The number of esters is 1. The number of unbranched alkanes of at least 4 members (excludes halogenated alkanes) is 2. The van der Waals surface area contributed by atoms with Crippen molar-refractivity contribution in [2.75, 3.05) is 44.4 Å². The molecule has 1 saturated heterocycles. The summed E-state index contributed by atoms with van der Waals surface area (Å²) in [4.78, 5) is 127. The maximum atomic E-state index is 13.1. The summed E-state index contributed by atoms with van der Waals surface area (Å²) in [6.07, 6.45) is 0.548. The van der Waals surface area contributed by atoms with Gasteiger partial charge in [-0.1, -0.05) is 34.1 Å². The Bertz CT molecular complexity index is 3630. The zero-order chi connectivity index (χ0) is 71.5. The van der Waals surface area contributed by atoms with Crippen LogP contribution in [-0.4, -0.2) is 191 Å². The van der Waals surface area contributed by atoms with Gasteiger partial charge >= 0.3 is 29.4 Å². The normalized spacial score (nSPS) is 30.0. The number of ether oxygens (including phenoxy) is 2. The molecule has 5 fully saturated rings. The highest BCUT2D eigenvalue weighted by Gasteiger charge is 2.71. The van der Waals surface area contributed by atoms with Gasteiger partial charge in [-0.2, -0.15) is 4.31 Å². The molecule has 0 spiro atoms. The van der Waals surface area contributed by atoms with Crippen LogP contribution in [0.25, 0.3) is 11.2 Å². The second-order valence-corrected chi connectivity index (χ2v) is 32.4. The summed E-state index contributed by atoms with van der Waals surface area (Å²) in [5.41, 5.74) is 7.75. The molecule has 4 saturated carbocycles. The number of hydrogen-bond donors (Lipinski definition) is 16. The largest absolute Gasteiger partial charge is 0.494 e. The van der Waals surface area contributed by atoms with E-state index in [1.807, 2.05) is 6.92 Å². The molecule has 98 heavy (non-hydrogen) atoms. The zero-order valence-electron chi connectivity index (χ0n) is 54.4. The van der Waals surface area contributed by atoms with Crippen molar-refractivity contribution < 1.29 is 120 Å². The van der Waals surface area contributed by atoms with Gasteiger partial charge in [-0.3, -0.25) is 57.5 Å². The van der Waals surface area contributed by atoms with E-state index in [9.17, 15) is 92.7 Å². The van der Waals surface area contributed by atoms with Gasteiger partial charge < -0.3 is 81.4 Å². The molecule has 4 aliphatic carbocycles. The van der Waals surface area contributed by atoms with Crippen LogP contribution < -0.4 is 32.5 Å². The van der Waals surface area contributed by atoms with Crippen LogP contribution >= 0.6 is 35.2 Å². The Morgan fingerprint density at radius 1 is 0.857 bits per heavy atom. The number of nitrogens with zero attached hydrogens (tertiary/aromatic N) is 5. The van der Waals surface area contributed by atoms with Gasteiger partial charge in [0.2, 0.25) is 35.4 Å². The number of hydrazine groups is 1. The molecule has 0 bridgehead atoms. The number of thioether (sulfide) groups is 1. The standard InChI is InChI=1S/C58H88N11O25P3S/c1-55(2,28-91-97(87,88)94-96(85,86)90-27-37-48(93-95(82,83)84)47(77)54(92-37)69-30-64-46-50(59)62-29-63-51(46)69)49(78)52(79)61-18-15-40(71)60-19-21-98-38-25-44(75)68(53(38)80)20-7-5-6-8-42(73)66-67-43(74)12-11-41(72)65-33-13-16-56(3)32(23-33)9-10-35-36(56)24-39(70)57(4)34(14-17-58(35,57)81)31-22-45(76)89-26-31/h22,25,29-30,32-37,39,47-49,54,70,75,77-78,80-81H,5-21,23-24,26-28H2,1-4H3,(H,60,71)(H,61,79)(H,65,72)(H,66,73)(H,67,74)(H,85,86)(H,87,88)(H2,59,62,63)(H2,82,83,84)/t32-,33+,34-,35-,36-,37-,39-,47+,48?,49+,54-,56+,57+,58+/m1/s1. The van der Waals surface area contributed by atoms with Crippen molar-refractivity contribution in [2.24, 2.45) is 39.9 Å². The summed E-state index contributed by atoms with van der Waals surface area (Å²) < 4.78 is 69.3. The molecule has 6 aliphatic rings. The summed E-state index contributed by atoms with van der Waals surface area (Å²) in [6.45, 7) is 4.83. The smallest absolute Gasteiger partial charge is 0.481 e. The van der Waals surface area contributed by atoms with Crippen molar-refractivity contribution >= 4 is 87.7 Å². The number of nitrogen functional groups attached to an aromatic ring is 1. The van der Waals surface area contributed by atoms with Crippen LogP contribution in [0.1, 0.15) is 130 Å². The number of cyclic esters (lactones) is 1. The summed E-state index contributed by atoms with van der Waals surface area (Å²) >= 11 is 1.13. The molecular formula is C58H88N11O25P3S.